The van der Waals surface area contributed by atoms with Crippen LogP contribution in [0.4, 0.5) is 0 Å². The van der Waals surface area contributed by atoms with Gasteiger partial charge in [-0.05, 0) is 45.4 Å². The van der Waals surface area contributed by atoms with Gasteiger partial charge in [-0.15, -0.1) is 11.3 Å². The first-order chi connectivity index (χ1) is 14.6. The van der Waals surface area contributed by atoms with Gasteiger partial charge in [0.25, 0.3) is 0 Å². The third-order valence-corrected chi connectivity index (χ3v) is 5.05. The lowest BCUT2D eigenvalue weighted by Crippen LogP contribution is -2.26. The second-order valence-corrected chi connectivity index (χ2v) is 8.12. The van der Waals surface area contributed by atoms with Crippen molar-refractivity contribution < 1.29 is 33.4 Å². The zero-order chi connectivity index (χ0) is 23.0. The largest absolute Gasteiger partial charge is 0.462 e. The van der Waals surface area contributed by atoms with Crippen LogP contribution >= 0.6 is 11.3 Å². The van der Waals surface area contributed by atoms with E-state index in [1.165, 1.54) is 30.4 Å². The predicted molar refractivity (Wildman–Crippen MR) is 114 cm³/mol. The first-order valence-corrected chi connectivity index (χ1v) is 10.6. The Kier molecular flexibility index (Phi) is 8.87. The standard InChI is InChI=1S/C22H25NO7S/c1-13(10-17-12-31-16(4)23-17)19-11-22(27)28-14(2)6-5-7-20(25)29-15(3)18(24)8-9-21(26)30-19/h5,7-10,12,14-15,19H,6,11H2,1-4H3/b7-5-,9-8-,13-10-/t14-,15-,19-/m0/s1. The van der Waals surface area contributed by atoms with Crippen molar-refractivity contribution >= 4 is 41.1 Å². The third-order valence-electron chi connectivity index (χ3n) is 4.26. The Morgan fingerprint density at radius 1 is 1.06 bits per heavy atom. The van der Waals surface area contributed by atoms with Crippen LogP contribution in [0.5, 0.6) is 0 Å². The van der Waals surface area contributed by atoms with E-state index >= 15 is 0 Å². The fourth-order valence-corrected chi connectivity index (χ4v) is 3.20. The summed E-state index contributed by atoms with van der Waals surface area (Å²) in [4.78, 5) is 52.8. The van der Waals surface area contributed by atoms with Crippen LogP contribution in [0.2, 0.25) is 0 Å². The Balaban J connectivity index is 2.26. The molecule has 0 spiro atoms. The minimum absolute atomic E-state index is 0.203. The Hall–Kier alpha value is -3.07. The number of nitrogens with zero attached hydrogens (tertiary/aromatic N) is 1. The van der Waals surface area contributed by atoms with E-state index < -0.39 is 42.0 Å². The minimum atomic E-state index is -1.06. The van der Waals surface area contributed by atoms with E-state index in [0.717, 1.165) is 17.2 Å². The highest BCUT2D eigenvalue weighted by molar-refractivity contribution is 7.09. The summed E-state index contributed by atoms with van der Waals surface area (Å²) >= 11 is 1.48. The van der Waals surface area contributed by atoms with Crippen molar-refractivity contribution in [3.05, 3.63) is 46.0 Å². The van der Waals surface area contributed by atoms with Gasteiger partial charge in [0, 0.05) is 24.0 Å². The van der Waals surface area contributed by atoms with Crippen LogP contribution in [-0.4, -0.2) is 47.0 Å². The summed E-state index contributed by atoms with van der Waals surface area (Å²) in [6, 6.07) is 0. The summed E-state index contributed by atoms with van der Waals surface area (Å²) in [5.74, 6) is -2.66. The SMILES string of the molecule is C/C(=C/c1csc(C)n1)[C@@H]1CC(=O)O[C@@H](C)C/C=C\C(=O)O[C@@H](C)C(=O)/C=C\C(=O)O1. The molecule has 0 aromatic carbocycles. The summed E-state index contributed by atoms with van der Waals surface area (Å²) in [6.45, 7) is 6.67. The van der Waals surface area contributed by atoms with E-state index in [4.69, 9.17) is 14.2 Å². The lowest BCUT2D eigenvalue weighted by atomic mass is 10.1. The van der Waals surface area contributed by atoms with E-state index in [0.29, 0.717) is 11.3 Å². The molecule has 0 saturated heterocycles. The van der Waals surface area contributed by atoms with Crippen molar-refractivity contribution in [2.45, 2.75) is 58.8 Å². The van der Waals surface area contributed by atoms with Crippen molar-refractivity contribution in [3.8, 4) is 0 Å². The van der Waals surface area contributed by atoms with Crippen molar-refractivity contribution in [1.82, 2.24) is 4.98 Å². The van der Waals surface area contributed by atoms with Gasteiger partial charge in [-0.2, -0.15) is 0 Å². The molecule has 0 amide bonds. The molecule has 8 nitrogen and oxygen atoms in total. The highest BCUT2D eigenvalue weighted by Crippen LogP contribution is 2.19. The minimum Gasteiger partial charge on any atom is -0.462 e. The monoisotopic (exact) mass is 447 g/mol. The maximum Gasteiger partial charge on any atom is 0.331 e. The summed E-state index contributed by atoms with van der Waals surface area (Å²) < 4.78 is 15.7. The second kappa shape index (κ2) is 11.4. The van der Waals surface area contributed by atoms with E-state index in [1.54, 1.807) is 19.9 Å². The Labute approximate surface area is 184 Å². The van der Waals surface area contributed by atoms with Crippen LogP contribution in [-0.2, 0) is 33.4 Å². The number of thiazole rings is 1. The number of cyclic esters (lactones) is 3. The Bertz CT molecular complexity index is 928. The van der Waals surface area contributed by atoms with Gasteiger partial charge in [-0.3, -0.25) is 9.59 Å². The number of carbonyl (C=O) groups excluding carboxylic acids is 4. The molecule has 31 heavy (non-hydrogen) atoms. The molecule has 0 unspecified atom stereocenters. The molecule has 2 rings (SSSR count). The molecule has 1 aromatic heterocycles. The fourth-order valence-electron chi connectivity index (χ4n) is 2.63. The Morgan fingerprint density at radius 2 is 1.77 bits per heavy atom. The van der Waals surface area contributed by atoms with Gasteiger partial charge in [-0.1, -0.05) is 6.08 Å². The average Bonchev–Trinajstić information content (AvgIpc) is 3.09. The summed E-state index contributed by atoms with van der Waals surface area (Å²) in [5, 5.41) is 2.73. The normalized spacial score (nSPS) is 26.6. The number of rotatable bonds is 2. The van der Waals surface area contributed by atoms with Gasteiger partial charge in [0.15, 0.2) is 11.9 Å². The number of aryl methyl sites for hydroxylation is 1. The van der Waals surface area contributed by atoms with Crippen molar-refractivity contribution in [3.63, 3.8) is 0 Å². The van der Waals surface area contributed by atoms with Crippen LogP contribution in [0.3, 0.4) is 0 Å². The fraction of sp³-hybridized carbons (Fsp3) is 0.409. The second-order valence-electron chi connectivity index (χ2n) is 7.06. The van der Waals surface area contributed by atoms with Gasteiger partial charge in [-0.25, -0.2) is 14.6 Å². The third kappa shape index (κ3) is 8.29. The molecule has 166 valence electrons. The molecule has 1 aliphatic rings. The summed E-state index contributed by atoms with van der Waals surface area (Å²) in [6.07, 6.45) is 3.94. The van der Waals surface area contributed by atoms with Crippen LogP contribution in [0.1, 0.15) is 44.3 Å². The topological polar surface area (TPSA) is 109 Å². The highest BCUT2D eigenvalue weighted by atomic mass is 32.1. The Morgan fingerprint density at radius 3 is 2.45 bits per heavy atom. The van der Waals surface area contributed by atoms with Crippen molar-refractivity contribution in [1.29, 1.82) is 0 Å². The number of ether oxygens (including phenoxy) is 3. The van der Waals surface area contributed by atoms with Gasteiger partial charge in [0.05, 0.1) is 17.1 Å². The molecule has 1 aromatic rings. The molecular weight excluding hydrogens is 422 g/mol. The van der Waals surface area contributed by atoms with Crippen LogP contribution in [0.15, 0.2) is 35.3 Å². The van der Waals surface area contributed by atoms with Crippen LogP contribution in [0, 0.1) is 6.92 Å². The van der Waals surface area contributed by atoms with E-state index in [1.807, 2.05) is 12.3 Å². The van der Waals surface area contributed by atoms with Crippen LogP contribution in [0.25, 0.3) is 6.08 Å². The summed E-state index contributed by atoms with van der Waals surface area (Å²) in [7, 11) is 0. The molecule has 0 N–H and O–H groups in total. The average molecular weight is 448 g/mol. The summed E-state index contributed by atoms with van der Waals surface area (Å²) in [5.41, 5.74) is 1.29. The zero-order valence-corrected chi connectivity index (χ0v) is 18.6. The number of carbonyl (C=O) groups is 4. The molecule has 0 bridgehead atoms. The molecular formula is C22H25NO7S. The number of hydrogen-bond donors (Lipinski definition) is 0. The molecule has 0 radical (unpaired) electrons. The van der Waals surface area contributed by atoms with Gasteiger partial charge in [0.2, 0.25) is 0 Å². The number of hydrogen-bond acceptors (Lipinski definition) is 9. The van der Waals surface area contributed by atoms with E-state index in [9.17, 15) is 19.2 Å². The van der Waals surface area contributed by atoms with Crippen molar-refractivity contribution in [2.75, 3.05) is 0 Å². The maximum absolute atomic E-state index is 12.4. The van der Waals surface area contributed by atoms with Gasteiger partial charge < -0.3 is 14.2 Å². The van der Waals surface area contributed by atoms with Gasteiger partial charge >= 0.3 is 17.9 Å². The number of aromatic nitrogens is 1. The quantitative estimate of drug-likeness (QED) is 0.503. The molecule has 0 fully saturated rings. The van der Waals surface area contributed by atoms with Crippen LogP contribution < -0.4 is 0 Å². The molecule has 2 heterocycles. The maximum atomic E-state index is 12.4. The number of ketones is 1. The van der Waals surface area contributed by atoms with E-state index in [2.05, 4.69) is 4.98 Å². The predicted octanol–water partition coefficient (Wildman–Crippen LogP) is 3.11. The number of esters is 3. The lowest BCUT2D eigenvalue weighted by Gasteiger charge is -2.19. The molecule has 1 aliphatic heterocycles. The smallest absolute Gasteiger partial charge is 0.331 e. The molecule has 0 aliphatic carbocycles. The lowest BCUT2D eigenvalue weighted by molar-refractivity contribution is -0.153. The van der Waals surface area contributed by atoms with E-state index in [-0.39, 0.29) is 12.8 Å². The molecule has 3 atom stereocenters. The van der Waals surface area contributed by atoms with Crippen molar-refractivity contribution in [2.24, 2.45) is 0 Å². The van der Waals surface area contributed by atoms with Gasteiger partial charge in [0.1, 0.15) is 12.2 Å². The highest BCUT2D eigenvalue weighted by Gasteiger charge is 2.23. The zero-order valence-electron chi connectivity index (χ0n) is 17.8. The molecule has 9 heteroatoms. The molecule has 0 saturated carbocycles. The first kappa shape index (κ1) is 24.2. The first-order valence-electron chi connectivity index (χ1n) is 9.73.